The number of hydrogen-bond donors (Lipinski definition) is 0. The van der Waals surface area contributed by atoms with E-state index in [9.17, 15) is 22.6 Å². The van der Waals surface area contributed by atoms with E-state index in [4.69, 9.17) is 4.74 Å². The van der Waals surface area contributed by atoms with E-state index >= 15 is 0 Å². The standard InChI is InChI=1S/C19H34O7S.Na/c1-3-5-7-8-9-10-11-12-13-15-25-18(20)16-17(27(22,23)24)19(21)26-14-6-4-2;/h6,14,17H,3-5,7-13,15-16H2,1-2H3,(H,22,23,24);/q;+1/p-1/b14-6+;. The molecule has 9 heteroatoms. The van der Waals surface area contributed by atoms with Crippen LogP contribution in [0, 0.1) is 0 Å². The van der Waals surface area contributed by atoms with Crippen LogP contribution in [0.1, 0.15) is 84.5 Å². The van der Waals surface area contributed by atoms with Gasteiger partial charge in [-0.25, -0.2) is 8.42 Å². The fraction of sp³-hybridized carbons (Fsp3) is 0.789. The molecule has 1 unspecified atom stereocenters. The Kier molecular flexibility index (Phi) is 19.8. The fourth-order valence-electron chi connectivity index (χ4n) is 2.40. The number of hydrogen-bond acceptors (Lipinski definition) is 7. The van der Waals surface area contributed by atoms with E-state index < -0.39 is 33.7 Å². The predicted octanol–water partition coefficient (Wildman–Crippen LogP) is 0.835. The van der Waals surface area contributed by atoms with Gasteiger partial charge in [0.25, 0.3) is 0 Å². The molecular weight excluding hydrogens is 395 g/mol. The molecular formula is C19H33NaO7S. The van der Waals surface area contributed by atoms with Gasteiger partial charge in [0.15, 0.2) is 5.25 Å². The molecule has 0 aliphatic rings. The van der Waals surface area contributed by atoms with Gasteiger partial charge >= 0.3 is 41.5 Å². The minimum atomic E-state index is -5.01. The minimum Gasteiger partial charge on any atom is -0.747 e. The van der Waals surface area contributed by atoms with Crippen LogP contribution < -0.4 is 29.6 Å². The van der Waals surface area contributed by atoms with Crippen molar-refractivity contribution in [2.45, 2.75) is 89.7 Å². The maximum Gasteiger partial charge on any atom is 1.00 e. The molecule has 0 radical (unpaired) electrons. The second-order valence-corrected chi connectivity index (χ2v) is 8.01. The summed E-state index contributed by atoms with van der Waals surface area (Å²) < 4.78 is 43.1. The second kappa shape index (κ2) is 18.6. The van der Waals surface area contributed by atoms with Gasteiger partial charge in [0.2, 0.25) is 0 Å². The SMILES string of the molecule is CC/C=C/OC(=O)C(CC(=O)OCCCCCCCCCCC)S(=O)(=O)[O-].[Na+]. The predicted molar refractivity (Wildman–Crippen MR) is 102 cm³/mol. The number of esters is 2. The van der Waals surface area contributed by atoms with Crippen molar-refractivity contribution in [1.82, 2.24) is 0 Å². The van der Waals surface area contributed by atoms with Crippen molar-refractivity contribution in [2.75, 3.05) is 6.61 Å². The molecule has 0 aromatic heterocycles. The maximum absolute atomic E-state index is 11.7. The Morgan fingerprint density at radius 1 is 0.964 bits per heavy atom. The van der Waals surface area contributed by atoms with Crippen LogP contribution in [0.5, 0.6) is 0 Å². The normalized spacial score (nSPS) is 12.4. The van der Waals surface area contributed by atoms with Crippen LogP contribution in [0.2, 0.25) is 0 Å². The summed E-state index contributed by atoms with van der Waals surface area (Å²) in [6.45, 7) is 4.11. The molecule has 0 N–H and O–H groups in total. The Balaban J connectivity index is 0. The molecule has 0 aromatic carbocycles. The van der Waals surface area contributed by atoms with Gasteiger partial charge in [-0.2, -0.15) is 0 Å². The maximum atomic E-state index is 11.7. The Hall–Kier alpha value is -0.410. The number of ether oxygens (including phenoxy) is 2. The van der Waals surface area contributed by atoms with Crippen molar-refractivity contribution < 1.29 is 61.6 Å². The molecule has 0 saturated carbocycles. The molecule has 0 spiro atoms. The molecule has 0 aliphatic carbocycles. The molecule has 1 atom stereocenters. The summed E-state index contributed by atoms with van der Waals surface area (Å²) in [4.78, 5) is 23.4. The molecule has 0 bridgehead atoms. The average molecular weight is 429 g/mol. The first-order chi connectivity index (χ1) is 12.8. The third-order valence-corrected chi connectivity index (χ3v) is 5.05. The van der Waals surface area contributed by atoms with Gasteiger partial charge in [-0.1, -0.05) is 65.2 Å². The van der Waals surface area contributed by atoms with Crippen molar-refractivity contribution in [1.29, 1.82) is 0 Å². The Morgan fingerprint density at radius 3 is 2.00 bits per heavy atom. The van der Waals surface area contributed by atoms with E-state index in [1.807, 2.05) is 0 Å². The minimum absolute atomic E-state index is 0. The zero-order chi connectivity index (χ0) is 20.5. The molecule has 28 heavy (non-hydrogen) atoms. The molecule has 0 fully saturated rings. The Bertz CT molecular complexity index is 546. The van der Waals surface area contributed by atoms with Crippen molar-refractivity contribution in [2.24, 2.45) is 0 Å². The summed E-state index contributed by atoms with van der Waals surface area (Å²) in [7, 11) is -5.01. The van der Waals surface area contributed by atoms with Crippen LogP contribution in [0.25, 0.3) is 0 Å². The van der Waals surface area contributed by atoms with Gasteiger partial charge in [-0.15, -0.1) is 0 Å². The first kappa shape index (κ1) is 29.8. The molecule has 158 valence electrons. The van der Waals surface area contributed by atoms with Gasteiger partial charge in [-0.05, 0) is 18.9 Å². The summed E-state index contributed by atoms with van der Waals surface area (Å²) in [5.74, 6) is -2.16. The van der Waals surface area contributed by atoms with Crippen molar-refractivity contribution in [3.63, 3.8) is 0 Å². The Labute approximate surface area is 191 Å². The number of rotatable bonds is 16. The molecule has 0 saturated heterocycles. The van der Waals surface area contributed by atoms with Crippen molar-refractivity contribution in [3.05, 3.63) is 12.3 Å². The molecule has 0 heterocycles. The van der Waals surface area contributed by atoms with E-state index in [1.54, 1.807) is 6.92 Å². The molecule has 0 rings (SSSR count). The summed E-state index contributed by atoms with van der Waals surface area (Å²) in [6.07, 6.45) is 12.2. The van der Waals surface area contributed by atoms with Gasteiger partial charge in [0.05, 0.1) is 19.3 Å². The van der Waals surface area contributed by atoms with Crippen molar-refractivity contribution >= 4 is 22.1 Å². The summed E-state index contributed by atoms with van der Waals surface area (Å²) in [5.41, 5.74) is 0. The first-order valence-corrected chi connectivity index (χ1v) is 11.3. The summed E-state index contributed by atoms with van der Waals surface area (Å²) in [5, 5.41) is -2.09. The third kappa shape index (κ3) is 16.5. The number of carbonyl (C=O) groups is 2. The van der Waals surface area contributed by atoms with Gasteiger partial charge in [0.1, 0.15) is 10.1 Å². The second-order valence-electron chi connectivity index (χ2n) is 6.45. The number of unbranched alkanes of at least 4 members (excludes halogenated alkanes) is 8. The molecule has 0 aromatic rings. The first-order valence-electron chi connectivity index (χ1n) is 9.78. The third-order valence-electron chi connectivity index (χ3n) is 3.99. The average Bonchev–Trinajstić information content (AvgIpc) is 2.60. The van der Waals surface area contributed by atoms with Crippen LogP contribution in [-0.4, -0.2) is 36.8 Å². The molecule has 0 aliphatic heterocycles. The van der Waals surface area contributed by atoms with Crippen LogP contribution in [0.4, 0.5) is 0 Å². The van der Waals surface area contributed by atoms with E-state index in [2.05, 4.69) is 11.7 Å². The molecule has 7 nitrogen and oxygen atoms in total. The zero-order valence-electron chi connectivity index (χ0n) is 17.5. The zero-order valence-corrected chi connectivity index (χ0v) is 20.3. The van der Waals surface area contributed by atoms with E-state index in [0.29, 0.717) is 12.8 Å². The quantitative estimate of drug-likeness (QED) is 0.118. The van der Waals surface area contributed by atoms with Crippen molar-refractivity contribution in [3.8, 4) is 0 Å². The van der Waals surface area contributed by atoms with Gasteiger partial charge in [0, 0.05) is 0 Å². The monoisotopic (exact) mass is 428 g/mol. The van der Waals surface area contributed by atoms with Crippen LogP contribution in [0.3, 0.4) is 0 Å². The van der Waals surface area contributed by atoms with Gasteiger partial charge < -0.3 is 14.0 Å². The fourth-order valence-corrected chi connectivity index (χ4v) is 3.03. The van der Waals surface area contributed by atoms with E-state index in [0.717, 1.165) is 25.5 Å². The van der Waals surface area contributed by atoms with E-state index in [-0.39, 0.29) is 36.2 Å². The van der Waals surface area contributed by atoms with Crippen LogP contribution >= 0.6 is 0 Å². The number of allylic oxidation sites excluding steroid dienone is 1. The Morgan fingerprint density at radius 2 is 1.50 bits per heavy atom. The summed E-state index contributed by atoms with van der Waals surface area (Å²) in [6, 6.07) is 0. The number of carbonyl (C=O) groups excluding carboxylic acids is 2. The topological polar surface area (TPSA) is 110 Å². The van der Waals surface area contributed by atoms with Crippen LogP contribution in [-0.2, 0) is 29.2 Å². The van der Waals surface area contributed by atoms with Gasteiger partial charge in [-0.3, -0.25) is 9.59 Å². The largest absolute Gasteiger partial charge is 1.00 e. The van der Waals surface area contributed by atoms with E-state index in [1.165, 1.54) is 38.2 Å². The van der Waals surface area contributed by atoms with Crippen LogP contribution in [0.15, 0.2) is 12.3 Å². The summed E-state index contributed by atoms with van der Waals surface area (Å²) >= 11 is 0. The smallest absolute Gasteiger partial charge is 0.747 e. The molecule has 0 amide bonds.